The Bertz CT molecular complexity index is 305. The second-order valence-corrected chi connectivity index (χ2v) is 17.9. The zero-order valence-electron chi connectivity index (χ0n) is 7.23. The highest BCUT2D eigenvalue weighted by atomic mass is 29.7. The maximum absolute atomic E-state index is 13.3. The molecule has 3 aliphatic rings. The molecule has 2 aliphatic heterocycles. The number of allylic oxidation sites excluding steroid dienone is 4. The lowest BCUT2D eigenvalue weighted by Crippen LogP contribution is -2.67. The monoisotopic (exact) mass is 276 g/mol. The molecule has 0 aromatic heterocycles. The van der Waals surface area contributed by atoms with E-state index in [0.717, 1.165) is 24.3 Å². The minimum Gasteiger partial charge on any atom is -0.267 e. The fourth-order valence-electron chi connectivity index (χ4n) is 1.73. The molecular weight excluding hydrogens is 270 g/mol. The van der Waals surface area contributed by atoms with E-state index in [1.807, 2.05) is 0 Å². The van der Waals surface area contributed by atoms with Crippen LogP contribution in [0.5, 0.6) is 0 Å². The molecule has 0 atom stereocenters. The van der Waals surface area contributed by atoms with Gasteiger partial charge in [0.1, 0.15) is 0 Å². The lowest BCUT2D eigenvalue weighted by Gasteiger charge is -2.26. The number of hydrogen-bond acceptors (Lipinski definition) is 0. The zero-order chi connectivity index (χ0) is 11.5. The van der Waals surface area contributed by atoms with E-state index in [-0.39, 0.29) is 0 Å². The molecule has 0 spiro atoms. The van der Waals surface area contributed by atoms with Crippen LogP contribution < -0.4 is 0 Å². The average molecular weight is 276 g/mol. The van der Waals surface area contributed by atoms with Crippen molar-refractivity contribution in [3.63, 3.8) is 0 Å². The van der Waals surface area contributed by atoms with Crippen molar-refractivity contribution in [2.24, 2.45) is 0 Å². The third-order valence-electron chi connectivity index (χ3n) is 2.73. The van der Waals surface area contributed by atoms with Crippen molar-refractivity contribution in [3.8, 4) is 0 Å². The Morgan fingerprint density at radius 3 is 1.13 bits per heavy atom. The Morgan fingerprint density at radius 1 is 0.600 bits per heavy atom. The highest BCUT2D eigenvalue weighted by Crippen LogP contribution is 2.53. The highest BCUT2D eigenvalue weighted by molar-refractivity contribution is 7.60. The van der Waals surface area contributed by atoms with Gasteiger partial charge in [-0.2, -0.15) is 0 Å². The normalized spacial score (nSPS) is 39.1. The summed E-state index contributed by atoms with van der Waals surface area (Å²) in [6.45, 7) is 0. The van der Waals surface area contributed by atoms with Crippen LogP contribution in [0, 0.1) is 0 Å². The van der Waals surface area contributed by atoms with Crippen molar-refractivity contribution in [2.45, 2.75) is 11.1 Å². The van der Waals surface area contributed by atoms with Crippen LogP contribution in [0.1, 0.15) is 0 Å². The maximum Gasteiger partial charge on any atom is 0.529 e. The van der Waals surface area contributed by atoms with E-state index in [1.54, 1.807) is 0 Å². The van der Waals surface area contributed by atoms with Crippen LogP contribution in [0.2, 0.25) is 11.1 Å². The van der Waals surface area contributed by atoms with E-state index in [2.05, 4.69) is 0 Å². The Morgan fingerprint density at radius 2 is 0.867 bits per heavy atom. The molecule has 0 unspecified atom stereocenters. The van der Waals surface area contributed by atoms with Gasteiger partial charge in [-0.05, 0) is 0 Å². The fourth-order valence-corrected chi connectivity index (χ4v) is 16.4. The predicted molar refractivity (Wildman–Crippen MR) is 49.7 cm³/mol. The maximum atomic E-state index is 13.3. The van der Waals surface area contributed by atoms with Gasteiger partial charge in [0.25, 0.3) is 0 Å². The van der Waals surface area contributed by atoms with Crippen LogP contribution in [0.4, 0.5) is 24.6 Å². The molecule has 3 rings (SSSR count). The molecule has 0 nitrogen and oxygen atoms in total. The minimum atomic E-state index is -6.67. The van der Waals surface area contributed by atoms with Crippen LogP contribution in [-0.4, -0.2) is 24.3 Å². The largest absolute Gasteiger partial charge is 0.529 e. The van der Waals surface area contributed by atoms with Crippen LogP contribution in [-0.2, 0) is 0 Å². The van der Waals surface area contributed by atoms with E-state index in [9.17, 15) is 24.6 Å². The van der Waals surface area contributed by atoms with Crippen molar-refractivity contribution in [1.82, 2.24) is 0 Å². The molecule has 0 amide bonds. The van der Waals surface area contributed by atoms with Crippen molar-refractivity contribution in [3.05, 3.63) is 24.3 Å². The SMILES string of the molecule is F[Si]1(F)C2C=CC(C=C2)[Si](F)(F)[Si]1(F)F. The summed E-state index contributed by atoms with van der Waals surface area (Å²) in [7, 11) is -19.0. The fraction of sp³-hybridized carbons (Fsp3) is 0.333. The summed E-state index contributed by atoms with van der Waals surface area (Å²) >= 11 is 0. The second-order valence-electron chi connectivity index (χ2n) is 3.64. The molecule has 0 saturated heterocycles. The average Bonchev–Trinajstić information content (AvgIpc) is 2.23. The Hall–Kier alpha value is -0.289. The molecule has 1 aliphatic carbocycles. The van der Waals surface area contributed by atoms with E-state index >= 15 is 0 Å². The quantitative estimate of drug-likeness (QED) is 0.276. The van der Waals surface area contributed by atoms with Crippen LogP contribution >= 0.6 is 0 Å². The summed E-state index contributed by atoms with van der Waals surface area (Å²) in [5.41, 5.74) is -3.45. The van der Waals surface area contributed by atoms with E-state index in [1.165, 1.54) is 0 Å². The summed E-state index contributed by atoms with van der Waals surface area (Å²) in [5.74, 6) is 0. The molecule has 2 heterocycles. The van der Waals surface area contributed by atoms with Gasteiger partial charge >= 0.3 is 24.3 Å². The number of halogens is 6. The number of hydrogen-bond donors (Lipinski definition) is 0. The van der Waals surface area contributed by atoms with Gasteiger partial charge in [-0.25, -0.2) is 0 Å². The molecule has 9 heteroatoms. The molecule has 0 N–H and O–H groups in total. The van der Waals surface area contributed by atoms with Crippen molar-refractivity contribution < 1.29 is 24.6 Å². The van der Waals surface area contributed by atoms with E-state index in [4.69, 9.17) is 0 Å². The highest BCUT2D eigenvalue weighted by Gasteiger charge is 2.86. The molecule has 0 fully saturated rings. The zero-order valence-corrected chi connectivity index (χ0v) is 10.2. The van der Waals surface area contributed by atoms with Gasteiger partial charge in [-0.1, -0.05) is 24.3 Å². The topological polar surface area (TPSA) is 0 Å². The van der Waals surface area contributed by atoms with Gasteiger partial charge in [0.2, 0.25) is 0 Å². The van der Waals surface area contributed by atoms with Gasteiger partial charge in [-0.3, -0.25) is 24.6 Å². The van der Waals surface area contributed by atoms with Gasteiger partial charge in [-0.15, -0.1) is 0 Å². The standard InChI is InChI=1S/C6H6F6Si3/c7-13(8)5-1-2-6(4-3-5)14(9,10)15(13,11)12/h1-6H. The van der Waals surface area contributed by atoms with Crippen LogP contribution in [0.15, 0.2) is 24.3 Å². The molecule has 84 valence electrons. The first-order valence-electron chi connectivity index (χ1n) is 4.21. The van der Waals surface area contributed by atoms with Crippen LogP contribution in [0.25, 0.3) is 0 Å². The third-order valence-corrected chi connectivity index (χ3v) is 19.9. The minimum absolute atomic E-state index is 0.839. The second kappa shape index (κ2) is 2.88. The molecule has 0 aromatic rings. The smallest absolute Gasteiger partial charge is 0.267 e. The molecule has 0 saturated carbocycles. The van der Waals surface area contributed by atoms with Crippen molar-refractivity contribution in [2.75, 3.05) is 0 Å². The molecular formula is C6H6F6Si3. The van der Waals surface area contributed by atoms with Gasteiger partial charge in [0.15, 0.2) is 0 Å². The summed E-state index contributed by atoms with van der Waals surface area (Å²) < 4.78 is 79.8. The van der Waals surface area contributed by atoms with Gasteiger partial charge < -0.3 is 0 Å². The lowest BCUT2D eigenvalue weighted by atomic mass is 10.2. The van der Waals surface area contributed by atoms with Crippen molar-refractivity contribution >= 4 is 24.3 Å². The Balaban J connectivity index is 2.61. The molecule has 15 heavy (non-hydrogen) atoms. The first-order chi connectivity index (χ1) is 6.71. The summed E-state index contributed by atoms with van der Waals surface area (Å²) in [5, 5.41) is 0. The Labute approximate surface area is 84.9 Å². The first-order valence-corrected chi connectivity index (χ1v) is 11.6. The predicted octanol–water partition coefficient (Wildman–Crippen LogP) is 3.17. The molecule has 2 bridgehead atoms. The third kappa shape index (κ3) is 1.19. The molecule has 0 radical (unpaired) electrons. The number of rotatable bonds is 0. The summed E-state index contributed by atoms with van der Waals surface area (Å²) in [6, 6.07) is 0. The lowest BCUT2D eigenvalue weighted by molar-refractivity contribution is 0.532. The number of fused-ring (bicyclic) bond motifs is 2. The van der Waals surface area contributed by atoms with Gasteiger partial charge in [0, 0.05) is 11.1 Å². The first kappa shape index (κ1) is 11.2. The van der Waals surface area contributed by atoms with E-state index in [0.29, 0.717) is 0 Å². The van der Waals surface area contributed by atoms with Crippen LogP contribution in [0.3, 0.4) is 0 Å². The Kier molecular flexibility index (Phi) is 2.15. The summed E-state index contributed by atoms with van der Waals surface area (Å²) in [4.78, 5) is 0. The van der Waals surface area contributed by atoms with Gasteiger partial charge in [0.05, 0.1) is 0 Å². The van der Waals surface area contributed by atoms with Crippen molar-refractivity contribution in [1.29, 1.82) is 0 Å². The van der Waals surface area contributed by atoms with E-state index < -0.39 is 35.4 Å². The molecule has 0 aromatic carbocycles. The summed E-state index contributed by atoms with van der Waals surface area (Å²) in [6.07, 6.45) is 3.36.